The first-order chi connectivity index (χ1) is 16.8. The van der Waals surface area contributed by atoms with Crippen molar-refractivity contribution in [2.24, 2.45) is 0 Å². The van der Waals surface area contributed by atoms with E-state index in [2.05, 4.69) is 5.32 Å². The number of rotatable bonds is 6. The van der Waals surface area contributed by atoms with Crippen LogP contribution in [0.3, 0.4) is 0 Å². The average molecular weight is 511 g/mol. The van der Waals surface area contributed by atoms with Crippen LogP contribution in [0.5, 0.6) is 11.5 Å². The molecule has 3 aromatic carbocycles. The summed E-state index contributed by atoms with van der Waals surface area (Å²) < 4.78 is 11.3. The molecule has 0 bridgehead atoms. The van der Waals surface area contributed by atoms with E-state index >= 15 is 0 Å². The Bertz CT molecular complexity index is 1350. The molecule has 0 spiro atoms. The SMILES string of the molecule is COc1cc(/C=C2\C(=O)NC(=O)N(c3cc(Cl)ccc3C)C2=O)ccc1OCc1ccc(Cl)cc1. The minimum Gasteiger partial charge on any atom is -0.493 e. The van der Waals surface area contributed by atoms with E-state index in [9.17, 15) is 14.4 Å². The smallest absolute Gasteiger partial charge is 0.335 e. The quantitative estimate of drug-likeness (QED) is 0.346. The Hall–Kier alpha value is -3.81. The van der Waals surface area contributed by atoms with Crippen LogP contribution in [0.15, 0.2) is 66.2 Å². The summed E-state index contributed by atoms with van der Waals surface area (Å²) in [5.41, 5.74) is 2.17. The lowest BCUT2D eigenvalue weighted by atomic mass is 10.1. The summed E-state index contributed by atoms with van der Waals surface area (Å²) in [7, 11) is 1.49. The molecular weight excluding hydrogens is 491 g/mol. The summed E-state index contributed by atoms with van der Waals surface area (Å²) in [6, 6.07) is 16.2. The second-order valence-electron chi connectivity index (χ2n) is 7.71. The summed E-state index contributed by atoms with van der Waals surface area (Å²) in [4.78, 5) is 39.1. The van der Waals surface area contributed by atoms with E-state index < -0.39 is 17.8 Å². The molecule has 9 heteroatoms. The molecule has 178 valence electrons. The molecule has 3 aromatic rings. The van der Waals surface area contributed by atoms with Gasteiger partial charge in [0.25, 0.3) is 11.8 Å². The summed E-state index contributed by atoms with van der Waals surface area (Å²) >= 11 is 12.0. The minimum absolute atomic E-state index is 0.208. The number of amides is 4. The Morgan fingerprint density at radius 2 is 1.63 bits per heavy atom. The van der Waals surface area contributed by atoms with E-state index in [-0.39, 0.29) is 5.57 Å². The van der Waals surface area contributed by atoms with E-state index in [0.717, 1.165) is 10.5 Å². The maximum atomic E-state index is 13.2. The fourth-order valence-electron chi connectivity index (χ4n) is 3.50. The second kappa shape index (κ2) is 10.2. The first kappa shape index (κ1) is 24.3. The van der Waals surface area contributed by atoms with Crippen molar-refractivity contribution in [2.75, 3.05) is 12.0 Å². The zero-order chi connectivity index (χ0) is 25.1. The zero-order valence-electron chi connectivity index (χ0n) is 18.8. The molecule has 0 atom stereocenters. The molecule has 0 aliphatic carbocycles. The number of benzene rings is 3. The molecule has 1 fully saturated rings. The van der Waals surface area contributed by atoms with Crippen LogP contribution < -0.4 is 19.7 Å². The Morgan fingerprint density at radius 1 is 0.914 bits per heavy atom. The average Bonchev–Trinajstić information content (AvgIpc) is 2.83. The van der Waals surface area contributed by atoms with Gasteiger partial charge in [0.15, 0.2) is 11.5 Å². The van der Waals surface area contributed by atoms with E-state index in [1.165, 1.54) is 19.3 Å². The lowest BCUT2D eigenvalue weighted by molar-refractivity contribution is -0.122. The van der Waals surface area contributed by atoms with Crippen LogP contribution in [0.1, 0.15) is 16.7 Å². The van der Waals surface area contributed by atoms with Gasteiger partial charge in [0, 0.05) is 10.0 Å². The van der Waals surface area contributed by atoms with Crippen LogP contribution in [-0.4, -0.2) is 25.0 Å². The lowest BCUT2D eigenvalue weighted by Crippen LogP contribution is -2.54. The molecule has 4 rings (SSSR count). The maximum Gasteiger partial charge on any atom is 0.335 e. The number of carbonyl (C=O) groups excluding carboxylic acids is 3. The molecule has 0 radical (unpaired) electrons. The highest BCUT2D eigenvalue weighted by Crippen LogP contribution is 2.31. The fraction of sp³-hybridized carbons (Fsp3) is 0.115. The van der Waals surface area contributed by atoms with Gasteiger partial charge in [-0.2, -0.15) is 0 Å². The van der Waals surface area contributed by atoms with Gasteiger partial charge in [0.2, 0.25) is 0 Å². The summed E-state index contributed by atoms with van der Waals surface area (Å²) in [5.74, 6) is -0.657. The van der Waals surface area contributed by atoms with Crippen molar-refractivity contribution in [3.8, 4) is 11.5 Å². The molecule has 4 amide bonds. The highest BCUT2D eigenvalue weighted by molar-refractivity contribution is 6.39. The van der Waals surface area contributed by atoms with Crippen LogP contribution in [0, 0.1) is 6.92 Å². The van der Waals surface area contributed by atoms with E-state index in [4.69, 9.17) is 32.7 Å². The molecule has 1 aliphatic rings. The number of carbonyl (C=O) groups is 3. The normalized spacial score (nSPS) is 14.8. The van der Waals surface area contributed by atoms with Crippen molar-refractivity contribution < 1.29 is 23.9 Å². The highest BCUT2D eigenvalue weighted by Gasteiger charge is 2.37. The minimum atomic E-state index is -0.842. The van der Waals surface area contributed by atoms with Gasteiger partial charge in [-0.15, -0.1) is 0 Å². The Balaban J connectivity index is 1.61. The number of nitrogens with zero attached hydrogens (tertiary/aromatic N) is 1. The van der Waals surface area contributed by atoms with E-state index in [1.54, 1.807) is 49.4 Å². The Labute approximate surface area is 211 Å². The predicted octanol–water partition coefficient (Wildman–Crippen LogP) is 5.56. The van der Waals surface area contributed by atoms with Gasteiger partial charge in [0.05, 0.1) is 12.8 Å². The van der Waals surface area contributed by atoms with Crippen LogP contribution in [0.25, 0.3) is 6.08 Å². The van der Waals surface area contributed by atoms with Crippen molar-refractivity contribution in [2.45, 2.75) is 13.5 Å². The molecule has 0 unspecified atom stereocenters. The van der Waals surface area contributed by atoms with Crippen molar-refractivity contribution in [1.29, 1.82) is 0 Å². The van der Waals surface area contributed by atoms with E-state index in [1.807, 2.05) is 12.1 Å². The number of hydrogen-bond acceptors (Lipinski definition) is 5. The van der Waals surface area contributed by atoms with Gasteiger partial charge < -0.3 is 9.47 Å². The van der Waals surface area contributed by atoms with Crippen molar-refractivity contribution in [3.63, 3.8) is 0 Å². The number of anilines is 1. The summed E-state index contributed by atoms with van der Waals surface area (Å²) in [6.45, 7) is 2.03. The number of aryl methyl sites for hydroxylation is 1. The molecule has 7 nitrogen and oxygen atoms in total. The monoisotopic (exact) mass is 510 g/mol. The third kappa shape index (κ3) is 5.31. The molecule has 1 aliphatic heterocycles. The first-order valence-electron chi connectivity index (χ1n) is 10.5. The molecule has 1 heterocycles. The predicted molar refractivity (Wildman–Crippen MR) is 134 cm³/mol. The van der Waals surface area contributed by atoms with Gasteiger partial charge in [-0.3, -0.25) is 14.9 Å². The number of halogens is 2. The van der Waals surface area contributed by atoms with Crippen molar-refractivity contribution >= 4 is 52.8 Å². The van der Waals surface area contributed by atoms with Crippen LogP contribution in [0.4, 0.5) is 10.5 Å². The number of ether oxygens (including phenoxy) is 2. The third-order valence-electron chi connectivity index (χ3n) is 5.32. The number of nitrogens with one attached hydrogen (secondary N) is 1. The number of hydrogen-bond donors (Lipinski definition) is 1. The van der Waals surface area contributed by atoms with Crippen LogP contribution >= 0.6 is 23.2 Å². The van der Waals surface area contributed by atoms with Crippen LogP contribution in [-0.2, 0) is 16.2 Å². The molecule has 35 heavy (non-hydrogen) atoms. The van der Waals surface area contributed by atoms with Gasteiger partial charge >= 0.3 is 6.03 Å². The molecule has 1 N–H and O–H groups in total. The summed E-state index contributed by atoms with van der Waals surface area (Å²) in [5, 5.41) is 3.20. The Kier molecular flexibility index (Phi) is 7.10. The number of methoxy groups -OCH3 is 1. The Morgan fingerprint density at radius 3 is 2.34 bits per heavy atom. The van der Waals surface area contributed by atoms with Crippen LogP contribution in [0.2, 0.25) is 10.0 Å². The van der Waals surface area contributed by atoms with Gasteiger partial charge in [-0.25, -0.2) is 9.69 Å². The zero-order valence-corrected chi connectivity index (χ0v) is 20.3. The first-order valence-corrected chi connectivity index (χ1v) is 11.3. The van der Waals surface area contributed by atoms with E-state index in [0.29, 0.717) is 45.0 Å². The lowest BCUT2D eigenvalue weighted by Gasteiger charge is -2.27. The molecule has 1 saturated heterocycles. The second-order valence-corrected chi connectivity index (χ2v) is 8.59. The molecule has 0 aromatic heterocycles. The largest absolute Gasteiger partial charge is 0.493 e. The number of barbiturate groups is 1. The number of urea groups is 1. The van der Waals surface area contributed by atoms with Crippen molar-refractivity contribution in [3.05, 3.63) is 93.0 Å². The molecular formula is C26H20Cl2N2O5. The van der Waals surface area contributed by atoms with Gasteiger partial charge in [-0.1, -0.05) is 47.5 Å². The third-order valence-corrected chi connectivity index (χ3v) is 5.81. The van der Waals surface area contributed by atoms with Gasteiger partial charge in [-0.05, 0) is 66.1 Å². The summed E-state index contributed by atoms with van der Waals surface area (Å²) in [6.07, 6.45) is 1.39. The van der Waals surface area contributed by atoms with Gasteiger partial charge in [0.1, 0.15) is 12.2 Å². The fourth-order valence-corrected chi connectivity index (χ4v) is 3.79. The van der Waals surface area contributed by atoms with Crippen molar-refractivity contribution in [1.82, 2.24) is 5.32 Å². The highest BCUT2D eigenvalue weighted by atomic mass is 35.5. The topological polar surface area (TPSA) is 84.9 Å². The number of imide groups is 2. The molecule has 0 saturated carbocycles. The maximum absolute atomic E-state index is 13.2. The standard InChI is InChI=1S/C26H20Cl2N2O5/c1-15-3-7-19(28)13-21(15)30-25(32)20(24(31)29-26(30)33)11-17-6-10-22(23(12-17)34-2)35-14-16-4-8-18(27)9-5-16/h3-13H,14H2,1-2H3,(H,29,31,33)/b20-11+.